The zero-order valence-electron chi connectivity index (χ0n) is 36.6. The van der Waals surface area contributed by atoms with Gasteiger partial charge in [-0.1, -0.05) is 128 Å². The number of benzene rings is 9. The van der Waals surface area contributed by atoms with Gasteiger partial charge in [0, 0.05) is 49.3 Å². The van der Waals surface area contributed by atoms with Crippen LogP contribution in [0.3, 0.4) is 0 Å². The zero-order chi connectivity index (χ0) is 44.6. The summed E-state index contributed by atoms with van der Waals surface area (Å²) in [5.41, 5.74) is 17.4. The second-order valence-electron chi connectivity index (χ2n) is 17.2. The lowest BCUT2D eigenvalue weighted by Gasteiger charge is -2.11. The number of aromatic nitrogens is 3. The molecule has 5 heteroatoms. The van der Waals surface area contributed by atoms with Crippen molar-refractivity contribution in [3.63, 3.8) is 0 Å². The quantitative estimate of drug-likeness (QED) is 0.143. The van der Waals surface area contributed by atoms with E-state index in [2.05, 4.69) is 217 Å². The first kappa shape index (κ1) is 38.5. The first-order valence-electron chi connectivity index (χ1n) is 22.7. The largest absolute Gasteiger partial charge is 0.456 e. The van der Waals surface area contributed by atoms with E-state index in [1.54, 1.807) is 0 Å². The molecule has 4 heterocycles. The molecule has 0 aliphatic heterocycles. The fourth-order valence-electron chi connectivity index (χ4n) is 9.98. The molecule has 0 saturated heterocycles. The summed E-state index contributed by atoms with van der Waals surface area (Å²) in [5.74, 6) is 0.921. The van der Waals surface area contributed by atoms with Gasteiger partial charge in [-0.25, -0.2) is 4.98 Å². The van der Waals surface area contributed by atoms with Gasteiger partial charge in [-0.2, -0.15) is 0 Å². The Morgan fingerprint density at radius 3 is 1.78 bits per heavy atom. The molecule has 4 aromatic heterocycles. The molecule has 5 nitrogen and oxygen atoms in total. The molecule has 0 fully saturated rings. The van der Waals surface area contributed by atoms with Crippen LogP contribution in [0.2, 0.25) is 0 Å². The van der Waals surface area contributed by atoms with Gasteiger partial charge in [0.1, 0.15) is 28.2 Å². The summed E-state index contributed by atoms with van der Waals surface area (Å²) in [5, 5.41) is 6.75. The fourth-order valence-corrected chi connectivity index (χ4v) is 9.98. The number of fused-ring (bicyclic) bond motifs is 10. The maximum Gasteiger partial charge on any atom is 0.145 e. The normalized spacial score (nSPS) is 12.3. The SMILES string of the molecule is C=C(/C=C(\C=C/C)n1c2ccccc2c2cc(-c3ccc4oc5ccccc5c4c3)ccc21)c1ccc2oc3ccc(-c4ccc(-n5c(-c6ccccc6)nc6ccccc65)cc4)cc3c2c1. The van der Waals surface area contributed by atoms with Crippen molar-refractivity contribution in [2.24, 2.45) is 0 Å². The van der Waals surface area contributed by atoms with Gasteiger partial charge in [0.05, 0.1) is 22.1 Å². The highest BCUT2D eigenvalue weighted by atomic mass is 16.3. The van der Waals surface area contributed by atoms with E-state index in [9.17, 15) is 0 Å². The molecule has 0 unspecified atom stereocenters. The van der Waals surface area contributed by atoms with E-state index in [0.29, 0.717) is 0 Å². The van der Waals surface area contributed by atoms with Gasteiger partial charge >= 0.3 is 0 Å². The van der Waals surface area contributed by atoms with Gasteiger partial charge in [0.15, 0.2) is 0 Å². The predicted octanol–water partition coefficient (Wildman–Crippen LogP) is 17.1. The Hall–Kier alpha value is -8.93. The second-order valence-corrected chi connectivity index (χ2v) is 17.2. The van der Waals surface area contributed by atoms with Crippen molar-refractivity contribution in [2.45, 2.75) is 6.92 Å². The Morgan fingerprint density at radius 1 is 0.463 bits per heavy atom. The van der Waals surface area contributed by atoms with Gasteiger partial charge in [0.25, 0.3) is 0 Å². The third-order valence-electron chi connectivity index (χ3n) is 13.2. The summed E-state index contributed by atoms with van der Waals surface area (Å²) in [6.07, 6.45) is 6.46. The smallest absolute Gasteiger partial charge is 0.145 e. The van der Waals surface area contributed by atoms with E-state index in [4.69, 9.17) is 13.8 Å². The van der Waals surface area contributed by atoms with Crippen LogP contribution in [0, 0.1) is 0 Å². The fraction of sp³-hybridized carbons (Fsp3) is 0.0161. The van der Waals surface area contributed by atoms with Crippen LogP contribution in [0.25, 0.3) is 127 Å². The molecule has 0 amide bonds. The molecular weight excluding hydrogens is 819 g/mol. The van der Waals surface area contributed by atoms with E-state index in [0.717, 1.165) is 122 Å². The van der Waals surface area contributed by atoms with Gasteiger partial charge in [0.2, 0.25) is 0 Å². The van der Waals surface area contributed by atoms with Gasteiger partial charge in [-0.15, -0.1) is 0 Å². The molecule has 0 N–H and O–H groups in total. The first-order valence-corrected chi connectivity index (χ1v) is 22.7. The van der Waals surface area contributed by atoms with E-state index in [1.165, 1.54) is 10.8 Å². The number of imidazole rings is 1. The van der Waals surface area contributed by atoms with Crippen molar-refractivity contribution in [1.82, 2.24) is 14.1 Å². The Kier molecular flexibility index (Phi) is 8.83. The summed E-state index contributed by atoms with van der Waals surface area (Å²) in [6.45, 7) is 6.72. The molecule has 316 valence electrons. The van der Waals surface area contributed by atoms with Crippen LogP contribution in [0.1, 0.15) is 12.5 Å². The third kappa shape index (κ3) is 6.35. The lowest BCUT2D eigenvalue weighted by atomic mass is 10.00. The highest BCUT2D eigenvalue weighted by molar-refractivity contribution is 6.13. The van der Waals surface area contributed by atoms with Crippen LogP contribution < -0.4 is 0 Å². The summed E-state index contributed by atoms with van der Waals surface area (Å²) in [4.78, 5) is 5.04. The molecule has 13 rings (SSSR count). The molecule has 0 atom stereocenters. The van der Waals surface area contributed by atoms with E-state index in [-0.39, 0.29) is 0 Å². The predicted molar refractivity (Wildman–Crippen MR) is 279 cm³/mol. The number of para-hydroxylation sites is 4. The number of hydrogen-bond acceptors (Lipinski definition) is 3. The topological polar surface area (TPSA) is 49.0 Å². The lowest BCUT2D eigenvalue weighted by molar-refractivity contribution is 0.668. The number of hydrogen-bond donors (Lipinski definition) is 0. The standard InChI is InChI=1S/C62H41N3O2/c1-3-13-47(64-55-19-10-7-16-48(55)50-36-44(24-30-56(50)64)45-27-33-59-51(38-45)49-17-8-12-21-58(49)66-59)34-39(2)42-25-31-60-52(35-42)53-37-43(26-32-61(53)67-60)40-22-28-46(29-23-40)65-57-20-11-9-18-54(57)63-62(65)41-14-5-4-6-15-41/h3-38H,2H2,1H3/b13-3-,47-34+. The summed E-state index contributed by atoms with van der Waals surface area (Å²) < 4.78 is 17.2. The van der Waals surface area contributed by atoms with E-state index in [1.807, 2.05) is 24.3 Å². The molecule has 0 radical (unpaired) electrons. The maximum atomic E-state index is 6.42. The Labute approximate surface area is 386 Å². The van der Waals surface area contributed by atoms with Crippen molar-refractivity contribution in [1.29, 1.82) is 0 Å². The van der Waals surface area contributed by atoms with Crippen molar-refractivity contribution in [2.75, 3.05) is 0 Å². The molecule has 9 aromatic carbocycles. The lowest BCUT2D eigenvalue weighted by Crippen LogP contribution is -1.97. The monoisotopic (exact) mass is 859 g/mol. The molecule has 0 spiro atoms. The first-order chi connectivity index (χ1) is 33.1. The second kappa shape index (κ2) is 15.4. The number of furan rings is 2. The number of nitrogens with zero attached hydrogens (tertiary/aromatic N) is 3. The van der Waals surface area contributed by atoms with Crippen molar-refractivity contribution in [3.8, 4) is 39.3 Å². The summed E-state index contributed by atoms with van der Waals surface area (Å²) in [7, 11) is 0. The molecule has 0 bridgehead atoms. The Balaban J connectivity index is 0.853. The third-order valence-corrected chi connectivity index (χ3v) is 13.2. The van der Waals surface area contributed by atoms with E-state index >= 15 is 0 Å². The minimum Gasteiger partial charge on any atom is -0.456 e. The van der Waals surface area contributed by atoms with Gasteiger partial charge in [-0.3, -0.25) is 4.57 Å². The van der Waals surface area contributed by atoms with Gasteiger partial charge < -0.3 is 13.4 Å². The average molecular weight is 860 g/mol. The number of allylic oxidation sites excluding steroid dienone is 5. The van der Waals surface area contributed by atoms with Crippen LogP contribution in [0.4, 0.5) is 0 Å². The van der Waals surface area contributed by atoms with Gasteiger partial charge in [-0.05, 0) is 137 Å². The summed E-state index contributed by atoms with van der Waals surface area (Å²) >= 11 is 0. The van der Waals surface area contributed by atoms with Crippen LogP contribution in [-0.2, 0) is 0 Å². The van der Waals surface area contributed by atoms with Crippen LogP contribution in [0.15, 0.2) is 234 Å². The van der Waals surface area contributed by atoms with Crippen LogP contribution in [0.5, 0.6) is 0 Å². The Bertz CT molecular complexity index is 4170. The maximum absolute atomic E-state index is 6.42. The molecule has 67 heavy (non-hydrogen) atoms. The highest BCUT2D eigenvalue weighted by Crippen LogP contribution is 2.40. The van der Waals surface area contributed by atoms with Crippen LogP contribution >= 0.6 is 0 Å². The number of rotatable bonds is 8. The van der Waals surface area contributed by atoms with Crippen LogP contribution in [-0.4, -0.2) is 14.1 Å². The molecule has 0 saturated carbocycles. The molecule has 0 aliphatic rings. The Morgan fingerprint density at radius 2 is 1.01 bits per heavy atom. The summed E-state index contributed by atoms with van der Waals surface area (Å²) in [6, 6.07) is 70.5. The van der Waals surface area contributed by atoms with Crippen molar-refractivity contribution >= 4 is 88.0 Å². The van der Waals surface area contributed by atoms with Crippen molar-refractivity contribution < 1.29 is 8.83 Å². The minimum absolute atomic E-state index is 0.843. The highest BCUT2D eigenvalue weighted by Gasteiger charge is 2.18. The van der Waals surface area contributed by atoms with Crippen molar-refractivity contribution in [3.05, 3.63) is 231 Å². The molecule has 0 aliphatic carbocycles. The van der Waals surface area contributed by atoms with E-state index < -0.39 is 0 Å². The minimum atomic E-state index is 0.843. The zero-order valence-corrected chi connectivity index (χ0v) is 36.6. The average Bonchev–Trinajstić information content (AvgIpc) is 4.15. The molecular formula is C62H41N3O2. The molecule has 13 aromatic rings.